The van der Waals surface area contributed by atoms with Gasteiger partial charge in [-0.2, -0.15) is 0 Å². The number of para-hydroxylation sites is 2. The van der Waals surface area contributed by atoms with E-state index in [1.54, 1.807) is 39.0 Å². The minimum Gasteiger partial charge on any atom is -0.506 e. The normalized spacial score (nSPS) is 17.2. The number of piperazine rings is 1. The van der Waals surface area contributed by atoms with Crippen LogP contribution in [0.5, 0.6) is 5.75 Å². The predicted molar refractivity (Wildman–Crippen MR) is 113 cm³/mol. The van der Waals surface area contributed by atoms with Crippen molar-refractivity contribution < 1.29 is 14.7 Å². The fourth-order valence-electron chi connectivity index (χ4n) is 3.78. The summed E-state index contributed by atoms with van der Waals surface area (Å²) in [6, 6.07) is 14.2. The lowest BCUT2D eigenvalue weighted by molar-refractivity contribution is -0.131. The Bertz CT molecular complexity index is 897. The first kappa shape index (κ1) is 19.4. The summed E-state index contributed by atoms with van der Waals surface area (Å²) in [6.07, 6.45) is 0. The third-order valence-corrected chi connectivity index (χ3v) is 5.67. The van der Waals surface area contributed by atoms with Crippen LogP contribution in [-0.2, 0) is 4.79 Å². The van der Waals surface area contributed by atoms with Crippen molar-refractivity contribution in [1.82, 2.24) is 9.80 Å². The third kappa shape index (κ3) is 4.10. The van der Waals surface area contributed by atoms with Crippen LogP contribution >= 0.6 is 11.6 Å². The zero-order valence-corrected chi connectivity index (χ0v) is 16.8. The highest BCUT2D eigenvalue weighted by Crippen LogP contribution is 2.27. The molecule has 2 aromatic carbocycles. The number of benzene rings is 2. The monoisotopic (exact) mass is 414 g/mol. The van der Waals surface area contributed by atoms with Gasteiger partial charge in [-0.1, -0.05) is 23.7 Å². The fourth-order valence-corrected chi connectivity index (χ4v) is 3.91. The molecule has 2 aliphatic rings. The van der Waals surface area contributed by atoms with Crippen molar-refractivity contribution in [3.8, 4) is 5.75 Å². The summed E-state index contributed by atoms with van der Waals surface area (Å²) < 4.78 is 0. The van der Waals surface area contributed by atoms with Crippen molar-refractivity contribution in [2.45, 2.75) is 0 Å². The molecule has 0 aliphatic carbocycles. The molecule has 0 atom stereocenters. The second kappa shape index (κ2) is 8.21. The third-order valence-electron chi connectivity index (χ3n) is 5.41. The van der Waals surface area contributed by atoms with Crippen LogP contribution in [0.1, 0.15) is 0 Å². The predicted octanol–water partition coefficient (Wildman–Crippen LogP) is 2.64. The highest BCUT2D eigenvalue weighted by atomic mass is 35.5. The lowest BCUT2D eigenvalue weighted by Crippen LogP contribution is -2.51. The molecule has 8 heteroatoms. The Morgan fingerprint density at radius 2 is 1.62 bits per heavy atom. The Labute approximate surface area is 174 Å². The molecule has 2 saturated heterocycles. The van der Waals surface area contributed by atoms with Crippen LogP contribution in [0.2, 0.25) is 5.02 Å². The second-order valence-electron chi connectivity index (χ2n) is 7.19. The van der Waals surface area contributed by atoms with E-state index >= 15 is 0 Å². The summed E-state index contributed by atoms with van der Waals surface area (Å²) in [5.41, 5.74) is 1.57. The molecule has 2 fully saturated rings. The van der Waals surface area contributed by atoms with Crippen molar-refractivity contribution in [3.05, 3.63) is 53.6 Å². The summed E-state index contributed by atoms with van der Waals surface area (Å²) in [6.45, 7) is 3.58. The Hall–Kier alpha value is -2.93. The van der Waals surface area contributed by atoms with Crippen LogP contribution in [-0.4, -0.2) is 72.7 Å². The number of halogens is 1. The molecule has 1 N–H and O–H groups in total. The summed E-state index contributed by atoms with van der Waals surface area (Å²) in [7, 11) is 0. The topological polar surface area (TPSA) is 67.3 Å². The first-order valence-corrected chi connectivity index (χ1v) is 10.0. The SMILES string of the molecule is O=C(CN1CCN(c2ccc(Cl)cc2)C1=O)N1CCN(c2ccccc2O)CC1. The van der Waals surface area contributed by atoms with Gasteiger partial charge in [-0.15, -0.1) is 0 Å². The van der Waals surface area contributed by atoms with Gasteiger partial charge < -0.3 is 19.8 Å². The zero-order chi connectivity index (χ0) is 20.4. The summed E-state index contributed by atoms with van der Waals surface area (Å²) in [5, 5.41) is 10.6. The van der Waals surface area contributed by atoms with Crippen molar-refractivity contribution in [2.24, 2.45) is 0 Å². The van der Waals surface area contributed by atoms with E-state index in [0.717, 1.165) is 11.4 Å². The molecule has 0 spiro atoms. The van der Waals surface area contributed by atoms with E-state index in [0.29, 0.717) is 44.3 Å². The van der Waals surface area contributed by atoms with Crippen LogP contribution in [0, 0.1) is 0 Å². The molecule has 0 radical (unpaired) electrons. The van der Waals surface area contributed by atoms with E-state index < -0.39 is 0 Å². The summed E-state index contributed by atoms with van der Waals surface area (Å²) >= 11 is 5.91. The van der Waals surface area contributed by atoms with Gasteiger partial charge in [0.25, 0.3) is 0 Å². The minimum atomic E-state index is -0.159. The Kier molecular flexibility index (Phi) is 5.49. The van der Waals surface area contributed by atoms with E-state index in [1.165, 1.54) is 0 Å². The van der Waals surface area contributed by atoms with Crippen LogP contribution in [0.4, 0.5) is 16.2 Å². The summed E-state index contributed by atoms with van der Waals surface area (Å²) in [5.74, 6) is 0.200. The number of carbonyl (C=O) groups is 2. The Morgan fingerprint density at radius 3 is 2.31 bits per heavy atom. The first-order chi connectivity index (χ1) is 14.0. The number of nitrogens with zero attached hydrogens (tertiary/aromatic N) is 4. The standard InChI is InChI=1S/C21H23ClN4O3/c22-16-5-7-17(8-6-16)26-14-13-25(21(26)29)15-20(28)24-11-9-23(10-12-24)18-3-1-2-4-19(18)27/h1-8,27H,9-15H2. The number of hydrogen-bond acceptors (Lipinski definition) is 4. The molecule has 152 valence electrons. The van der Waals surface area contributed by atoms with Gasteiger partial charge in [0.15, 0.2) is 0 Å². The van der Waals surface area contributed by atoms with Crippen LogP contribution in [0.25, 0.3) is 0 Å². The number of phenolic OH excluding ortho intramolecular Hbond substituents is 1. The molecule has 29 heavy (non-hydrogen) atoms. The number of anilines is 2. The number of urea groups is 1. The van der Waals surface area contributed by atoms with Gasteiger partial charge >= 0.3 is 6.03 Å². The lowest BCUT2D eigenvalue weighted by Gasteiger charge is -2.36. The van der Waals surface area contributed by atoms with Gasteiger partial charge in [-0.25, -0.2) is 4.79 Å². The number of aromatic hydroxyl groups is 1. The molecule has 3 amide bonds. The molecular weight excluding hydrogens is 392 g/mol. The highest BCUT2D eigenvalue weighted by Gasteiger charge is 2.32. The van der Waals surface area contributed by atoms with Gasteiger partial charge in [-0.3, -0.25) is 9.69 Å². The van der Waals surface area contributed by atoms with Gasteiger partial charge in [0, 0.05) is 50.0 Å². The van der Waals surface area contributed by atoms with Gasteiger partial charge in [0.2, 0.25) is 5.91 Å². The van der Waals surface area contributed by atoms with Crippen molar-refractivity contribution in [2.75, 3.05) is 55.6 Å². The van der Waals surface area contributed by atoms with Crippen molar-refractivity contribution in [1.29, 1.82) is 0 Å². The van der Waals surface area contributed by atoms with Gasteiger partial charge in [-0.05, 0) is 36.4 Å². The average Bonchev–Trinajstić information content (AvgIpc) is 3.09. The maximum absolute atomic E-state index is 12.7. The van der Waals surface area contributed by atoms with Gasteiger partial charge in [0.05, 0.1) is 5.69 Å². The van der Waals surface area contributed by atoms with E-state index in [-0.39, 0.29) is 24.2 Å². The maximum atomic E-state index is 12.7. The van der Waals surface area contributed by atoms with E-state index in [2.05, 4.69) is 4.90 Å². The average molecular weight is 415 g/mol. The molecule has 2 heterocycles. The molecule has 4 rings (SSSR count). The van der Waals surface area contributed by atoms with Gasteiger partial charge in [0.1, 0.15) is 12.3 Å². The molecule has 0 aromatic heterocycles. The number of phenols is 1. The maximum Gasteiger partial charge on any atom is 0.325 e. The van der Waals surface area contributed by atoms with Crippen LogP contribution < -0.4 is 9.80 Å². The van der Waals surface area contributed by atoms with E-state index in [4.69, 9.17) is 11.6 Å². The molecule has 0 unspecified atom stereocenters. The first-order valence-electron chi connectivity index (χ1n) is 9.65. The van der Waals surface area contributed by atoms with Crippen LogP contribution in [0.3, 0.4) is 0 Å². The molecule has 7 nitrogen and oxygen atoms in total. The number of carbonyl (C=O) groups excluding carboxylic acids is 2. The smallest absolute Gasteiger partial charge is 0.325 e. The Balaban J connectivity index is 1.32. The molecule has 0 saturated carbocycles. The van der Waals surface area contributed by atoms with E-state index in [9.17, 15) is 14.7 Å². The zero-order valence-electron chi connectivity index (χ0n) is 16.0. The molecule has 0 bridgehead atoms. The van der Waals surface area contributed by atoms with Crippen molar-refractivity contribution >= 4 is 34.9 Å². The summed E-state index contributed by atoms with van der Waals surface area (Å²) in [4.78, 5) is 32.5. The second-order valence-corrected chi connectivity index (χ2v) is 7.63. The van der Waals surface area contributed by atoms with Crippen molar-refractivity contribution in [3.63, 3.8) is 0 Å². The quantitative estimate of drug-likeness (QED) is 0.835. The highest BCUT2D eigenvalue weighted by molar-refractivity contribution is 6.30. The number of amides is 3. The largest absolute Gasteiger partial charge is 0.506 e. The number of hydrogen-bond donors (Lipinski definition) is 1. The number of rotatable bonds is 4. The Morgan fingerprint density at radius 1 is 0.931 bits per heavy atom. The molecule has 2 aromatic rings. The van der Waals surface area contributed by atoms with Crippen LogP contribution in [0.15, 0.2) is 48.5 Å². The van der Waals surface area contributed by atoms with E-state index in [1.807, 2.05) is 24.3 Å². The lowest BCUT2D eigenvalue weighted by atomic mass is 10.2. The molecular formula is C21H23ClN4O3. The minimum absolute atomic E-state index is 0.0479. The fraction of sp³-hybridized carbons (Fsp3) is 0.333. The molecule has 2 aliphatic heterocycles.